The van der Waals surface area contributed by atoms with E-state index >= 15 is 0 Å². The Morgan fingerprint density at radius 1 is 0.692 bits per heavy atom. The van der Waals surface area contributed by atoms with Gasteiger partial charge in [-0.2, -0.15) is 0 Å². The van der Waals surface area contributed by atoms with Crippen molar-refractivity contribution in [1.82, 2.24) is 14.6 Å². The van der Waals surface area contributed by atoms with E-state index in [4.69, 9.17) is 0 Å². The molecule has 0 saturated carbocycles. The average Bonchev–Trinajstić information content (AvgIpc) is 3.13. The summed E-state index contributed by atoms with van der Waals surface area (Å²) < 4.78 is 3.28. The van der Waals surface area contributed by atoms with E-state index in [1.54, 1.807) is 0 Å². The van der Waals surface area contributed by atoms with Crippen LogP contribution in [-0.2, 0) is 0 Å². The molecule has 2 aromatic heterocycles. The minimum atomic E-state index is 0.864. The van der Waals surface area contributed by atoms with Crippen LogP contribution in [0.1, 0.15) is 0 Å². The zero-order valence-corrected chi connectivity index (χ0v) is 16.0. The fraction of sp³-hybridized carbons (Fsp3) is 0. The molecule has 5 rings (SSSR count). The zero-order valence-electron chi connectivity index (χ0n) is 13.8. The van der Waals surface area contributed by atoms with E-state index in [2.05, 4.69) is 110 Å². The molecule has 0 fully saturated rings. The number of aromatic nitrogens is 3. The summed E-state index contributed by atoms with van der Waals surface area (Å²) >= 11 is 2.31. The molecule has 0 aliphatic rings. The average molecular weight is 447 g/mol. The van der Waals surface area contributed by atoms with Crippen LogP contribution in [0.5, 0.6) is 0 Å². The molecule has 4 heteroatoms. The van der Waals surface area contributed by atoms with Crippen LogP contribution in [0.15, 0.2) is 85.1 Å². The lowest BCUT2D eigenvalue weighted by atomic mass is 10.0. The van der Waals surface area contributed by atoms with Crippen molar-refractivity contribution in [2.75, 3.05) is 0 Å². The normalized spacial score (nSPS) is 11.3. The summed E-state index contributed by atoms with van der Waals surface area (Å²) in [5.74, 6) is 0.864. The molecule has 0 saturated heterocycles. The number of halogens is 1. The summed E-state index contributed by atoms with van der Waals surface area (Å²) in [6.45, 7) is 0. The van der Waals surface area contributed by atoms with E-state index < -0.39 is 0 Å². The zero-order chi connectivity index (χ0) is 17.5. The Kier molecular flexibility index (Phi) is 3.71. The molecule has 0 amide bonds. The van der Waals surface area contributed by atoms with Gasteiger partial charge in [0, 0.05) is 20.7 Å². The first-order valence-electron chi connectivity index (χ1n) is 8.38. The van der Waals surface area contributed by atoms with Gasteiger partial charge in [0.1, 0.15) is 0 Å². The van der Waals surface area contributed by atoms with Gasteiger partial charge >= 0.3 is 0 Å². The SMILES string of the molecule is Ic1ccc(-c2nnc3c4cc(-c5ccccc5)ccc4ccn23)cc1. The van der Waals surface area contributed by atoms with Crippen molar-refractivity contribution >= 4 is 39.0 Å². The molecule has 0 spiro atoms. The largest absolute Gasteiger partial charge is 0.282 e. The smallest absolute Gasteiger partial charge is 0.168 e. The molecular formula is C22H14IN3. The quantitative estimate of drug-likeness (QED) is 0.319. The predicted octanol–water partition coefficient (Wildman–Crippen LogP) is 5.82. The molecule has 0 radical (unpaired) electrons. The summed E-state index contributed by atoms with van der Waals surface area (Å²) in [6.07, 6.45) is 2.05. The van der Waals surface area contributed by atoms with Gasteiger partial charge in [0.15, 0.2) is 11.5 Å². The van der Waals surface area contributed by atoms with Gasteiger partial charge in [-0.3, -0.25) is 4.40 Å². The third kappa shape index (κ3) is 2.57. The number of pyridine rings is 1. The topological polar surface area (TPSA) is 30.2 Å². The number of benzene rings is 3. The summed E-state index contributed by atoms with van der Waals surface area (Å²) in [5, 5.41) is 11.2. The Morgan fingerprint density at radius 2 is 1.46 bits per heavy atom. The van der Waals surface area contributed by atoms with Gasteiger partial charge in [0.25, 0.3) is 0 Å². The molecule has 124 valence electrons. The molecule has 5 aromatic rings. The number of nitrogens with zero attached hydrogens (tertiary/aromatic N) is 3. The van der Waals surface area contributed by atoms with Crippen molar-refractivity contribution in [3.05, 3.63) is 88.6 Å². The van der Waals surface area contributed by atoms with Crippen LogP contribution < -0.4 is 0 Å². The molecule has 0 aliphatic carbocycles. The second-order valence-electron chi connectivity index (χ2n) is 6.21. The van der Waals surface area contributed by atoms with Gasteiger partial charge in [-0.05, 0) is 63.4 Å². The fourth-order valence-electron chi connectivity index (χ4n) is 3.27. The molecular weight excluding hydrogens is 433 g/mol. The van der Waals surface area contributed by atoms with Gasteiger partial charge in [0.2, 0.25) is 0 Å². The fourth-order valence-corrected chi connectivity index (χ4v) is 3.63. The monoisotopic (exact) mass is 447 g/mol. The third-order valence-electron chi connectivity index (χ3n) is 4.60. The van der Waals surface area contributed by atoms with Crippen molar-refractivity contribution in [3.63, 3.8) is 0 Å². The Hall–Kier alpha value is -2.73. The Balaban J connectivity index is 1.73. The Morgan fingerprint density at radius 3 is 2.27 bits per heavy atom. The minimum absolute atomic E-state index is 0.864. The number of hydrogen-bond acceptors (Lipinski definition) is 2. The van der Waals surface area contributed by atoms with Crippen LogP contribution in [0.25, 0.3) is 38.9 Å². The lowest BCUT2D eigenvalue weighted by Crippen LogP contribution is -1.90. The van der Waals surface area contributed by atoms with E-state index in [0.29, 0.717) is 0 Å². The summed E-state index contributed by atoms with van der Waals surface area (Å²) in [5.41, 5.74) is 4.34. The van der Waals surface area contributed by atoms with Gasteiger partial charge in [0.05, 0.1) is 0 Å². The molecule has 26 heavy (non-hydrogen) atoms. The van der Waals surface area contributed by atoms with E-state index in [1.807, 2.05) is 12.3 Å². The lowest BCUT2D eigenvalue weighted by Gasteiger charge is -2.06. The van der Waals surface area contributed by atoms with Crippen LogP contribution in [0, 0.1) is 3.57 Å². The second kappa shape index (κ2) is 6.21. The second-order valence-corrected chi connectivity index (χ2v) is 7.45. The standard InChI is InChI=1S/C22H14IN3/c23-19-10-8-17(9-11-19)21-24-25-22-20-14-18(15-4-2-1-3-5-15)7-6-16(20)12-13-26(21)22/h1-14H. The number of rotatable bonds is 2. The van der Waals surface area contributed by atoms with Crippen molar-refractivity contribution in [3.8, 4) is 22.5 Å². The minimum Gasteiger partial charge on any atom is -0.282 e. The van der Waals surface area contributed by atoms with Gasteiger partial charge < -0.3 is 0 Å². The summed E-state index contributed by atoms with van der Waals surface area (Å²) in [6, 6.07) is 27.4. The molecule has 3 aromatic carbocycles. The van der Waals surface area contributed by atoms with Crippen LogP contribution in [0.4, 0.5) is 0 Å². The van der Waals surface area contributed by atoms with E-state index in [0.717, 1.165) is 22.4 Å². The van der Waals surface area contributed by atoms with E-state index in [9.17, 15) is 0 Å². The van der Waals surface area contributed by atoms with E-state index in [-0.39, 0.29) is 0 Å². The Labute approximate surface area is 164 Å². The molecule has 0 aliphatic heterocycles. The maximum Gasteiger partial charge on any atom is 0.168 e. The predicted molar refractivity (Wildman–Crippen MR) is 114 cm³/mol. The Bertz CT molecular complexity index is 1230. The van der Waals surface area contributed by atoms with Crippen molar-refractivity contribution in [2.45, 2.75) is 0 Å². The van der Waals surface area contributed by atoms with Gasteiger partial charge in [-0.1, -0.05) is 54.6 Å². The first-order valence-corrected chi connectivity index (χ1v) is 9.46. The maximum atomic E-state index is 4.49. The van der Waals surface area contributed by atoms with E-state index in [1.165, 1.54) is 20.1 Å². The first kappa shape index (κ1) is 15.5. The molecule has 0 N–H and O–H groups in total. The molecule has 3 nitrogen and oxygen atoms in total. The molecule has 0 bridgehead atoms. The highest BCUT2D eigenvalue weighted by Gasteiger charge is 2.11. The number of fused-ring (bicyclic) bond motifs is 3. The van der Waals surface area contributed by atoms with Crippen LogP contribution in [0.2, 0.25) is 0 Å². The van der Waals surface area contributed by atoms with Crippen molar-refractivity contribution in [2.24, 2.45) is 0 Å². The third-order valence-corrected chi connectivity index (χ3v) is 5.32. The number of hydrogen-bond donors (Lipinski definition) is 0. The van der Waals surface area contributed by atoms with Crippen molar-refractivity contribution < 1.29 is 0 Å². The van der Waals surface area contributed by atoms with Crippen LogP contribution in [0.3, 0.4) is 0 Å². The van der Waals surface area contributed by atoms with Crippen LogP contribution in [-0.4, -0.2) is 14.6 Å². The van der Waals surface area contributed by atoms with Crippen molar-refractivity contribution in [1.29, 1.82) is 0 Å². The first-order chi connectivity index (χ1) is 12.8. The van der Waals surface area contributed by atoms with Gasteiger partial charge in [-0.15, -0.1) is 10.2 Å². The highest BCUT2D eigenvalue weighted by molar-refractivity contribution is 14.1. The molecule has 0 unspecified atom stereocenters. The lowest BCUT2D eigenvalue weighted by molar-refractivity contribution is 1.11. The summed E-state index contributed by atoms with van der Waals surface area (Å²) in [7, 11) is 0. The van der Waals surface area contributed by atoms with Crippen LogP contribution >= 0.6 is 22.6 Å². The highest BCUT2D eigenvalue weighted by atomic mass is 127. The molecule has 2 heterocycles. The maximum absolute atomic E-state index is 4.49. The molecule has 0 atom stereocenters. The summed E-state index contributed by atoms with van der Waals surface area (Å²) in [4.78, 5) is 0. The highest BCUT2D eigenvalue weighted by Crippen LogP contribution is 2.28. The van der Waals surface area contributed by atoms with Gasteiger partial charge in [-0.25, -0.2) is 0 Å².